The van der Waals surface area contributed by atoms with Crippen LogP contribution < -0.4 is 4.72 Å². The second-order valence-electron chi connectivity index (χ2n) is 6.55. The summed E-state index contributed by atoms with van der Waals surface area (Å²) in [5.74, 6) is -1.62. The van der Waals surface area contributed by atoms with Gasteiger partial charge in [-0.15, -0.1) is 0 Å². The Labute approximate surface area is 161 Å². The van der Waals surface area contributed by atoms with Crippen LogP contribution in [0.5, 0.6) is 0 Å². The highest BCUT2D eigenvalue weighted by molar-refractivity contribution is 7.82. The molecule has 1 aromatic rings. The van der Waals surface area contributed by atoms with Crippen molar-refractivity contribution in [1.82, 2.24) is 9.62 Å². The molecule has 1 aliphatic heterocycles. The van der Waals surface area contributed by atoms with E-state index in [1.165, 1.54) is 0 Å². The molecule has 0 saturated carbocycles. The Hall–Kier alpha value is -1.44. The number of carboxylic acid groups (broad SMARTS) is 1. The zero-order chi connectivity index (χ0) is 19.3. The minimum atomic E-state index is -1.18. The van der Waals surface area contributed by atoms with E-state index < -0.39 is 22.9 Å². The van der Waals surface area contributed by atoms with Crippen LogP contribution in [0.3, 0.4) is 0 Å². The first kappa shape index (κ1) is 20.9. The monoisotopic (exact) mass is 400 g/mol. The quantitative estimate of drug-likeness (QED) is 0.702. The number of aliphatic carboxylic acids is 1. The Morgan fingerprint density at radius 3 is 2.58 bits per heavy atom. The molecular formula is C18H25ClN2O4S. The Balaban J connectivity index is 2.32. The second-order valence-corrected chi connectivity index (χ2v) is 8.18. The van der Waals surface area contributed by atoms with Gasteiger partial charge in [-0.05, 0) is 37.0 Å². The molecule has 8 heteroatoms. The van der Waals surface area contributed by atoms with E-state index in [9.17, 15) is 13.8 Å². The van der Waals surface area contributed by atoms with Gasteiger partial charge < -0.3 is 10.0 Å². The van der Waals surface area contributed by atoms with Crippen molar-refractivity contribution < 1.29 is 18.9 Å². The molecule has 0 radical (unpaired) electrons. The number of halogens is 1. The highest BCUT2D eigenvalue weighted by Crippen LogP contribution is 2.37. The van der Waals surface area contributed by atoms with E-state index in [-0.39, 0.29) is 24.4 Å². The lowest BCUT2D eigenvalue weighted by atomic mass is 9.85. The number of carbonyl (C=O) groups is 2. The van der Waals surface area contributed by atoms with Crippen LogP contribution in [0.4, 0.5) is 0 Å². The predicted molar refractivity (Wildman–Crippen MR) is 102 cm³/mol. The summed E-state index contributed by atoms with van der Waals surface area (Å²) < 4.78 is 14.3. The van der Waals surface area contributed by atoms with Crippen LogP contribution in [-0.2, 0) is 20.6 Å². The van der Waals surface area contributed by atoms with E-state index in [1.54, 1.807) is 23.3 Å². The third-order valence-electron chi connectivity index (χ3n) is 4.79. The van der Waals surface area contributed by atoms with Gasteiger partial charge in [-0.25, -0.2) is 8.93 Å². The molecule has 6 nitrogen and oxygen atoms in total. The standard InChI is InChI=1S/C18H25ClN2O4S/c1-3-15(11-20-26(2)25)21-16(12-4-7-14(19)8-5-12)9-6-13(18(21)24)10-17(22)23/h4-5,7-8,13,15-16,20H,3,6,9-11H2,1-2H3,(H,22,23)/t13-,15+,16+,26?/m1/s1. The van der Waals surface area contributed by atoms with Gasteiger partial charge in [0.25, 0.3) is 0 Å². The SMILES string of the molecule is CC[C@@H](CNS(C)=O)N1C(=O)[C@@H](CC(=O)O)CC[C@H]1c1ccc(Cl)cc1. The number of likely N-dealkylation sites (tertiary alicyclic amines) is 1. The summed E-state index contributed by atoms with van der Waals surface area (Å²) in [7, 11) is -1.18. The van der Waals surface area contributed by atoms with Crippen LogP contribution in [0.1, 0.15) is 44.2 Å². The van der Waals surface area contributed by atoms with Gasteiger partial charge in [0, 0.05) is 29.8 Å². The molecule has 1 unspecified atom stereocenters. The molecule has 1 heterocycles. The molecule has 0 aliphatic carbocycles. The number of carboxylic acids is 1. The van der Waals surface area contributed by atoms with E-state index in [0.29, 0.717) is 30.8 Å². The molecule has 4 atom stereocenters. The van der Waals surface area contributed by atoms with E-state index >= 15 is 0 Å². The average molecular weight is 401 g/mol. The summed E-state index contributed by atoms with van der Waals surface area (Å²) >= 11 is 5.98. The van der Waals surface area contributed by atoms with Crippen molar-refractivity contribution in [2.75, 3.05) is 12.8 Å². The van der Waals surface area contributed by atoms with Crippen molar-refractivity contribution >= 4 is 34.5 Å². The Kier molecular flexibility index (Phi) is 7.61. The third-order valence-corrected chi connectivity index (χ3v) is 5.62. The van der Waals surface area contributed by atoms with Gasteiger partial charge in [0.15, 0.2) is 0 Å². The number of nitrogens with zero attached hydrogens (tertiary/aromatic N) is 1. The Bertz CT molecular complexity index is 668. The van der Waals surface area contributed by atoms with Gasteiger partial charge in [0.1, 0.15) is 0 Å². The molecular weight excluding hydrogens is 376 g/mol. The number of piperidine rings is 1. The highest BCUT2D eigenvalue weighted by Gasteiger charge is 2.40. The van der Waals surface area contributed by atoms with E-state index in [0.717, 1.165) is 5.56 Å². The van der Waals surface area contributed by atoms with Crippen LogP contribution in [0.2, 0.25) is 5.02 Å². The highest BCUT2D eigenvalue weighted by atomic mass is 35.5. The first-order chi connectivity index (χ1) is 12.3. The average Bonchev–Trinajstić information content (AvgIpc) is 2.58. The van der Waals surface area contributed by atoms with Crippen LogP contribution in [0.15, 0.2) is 24.3 Å². The molecule has 1 aliphatic rings. The molecule has 26 heavy (non-hydrogen) atoms. The van der Waals surface area contributed by atoms with Crippen molar-refractivity contribution in [3.05, 3.63) is 34.9 Å². The molecule has 0 aromatic heterocycles. The van der Waals surface area contributed by atoms with Gasteiger partial charge in [0.05, 0.1) is 23.4 Å². The van der Waals surface area contributed by atoms with E-state index in [1.807, 2.05) is 19.1 Å². The molecule has 1 aromatic carbocycles. The van der Waals surface area contributed by atoms with Gasteiger partial charge in [-0.2, -0.15) is 0 Å². The Morgan fingerprint density at radius 1 is 1.38 bits per heavy atom. The minimum Gasteiger partial charge on any atom is -0.481 e. The molecule has 0 spiro atoms. The summed E-state index contributed by atoms with van der Waals surface area (Å²) in [4.78, 5) is 26.0. The zero-order valence-corrected chi connectivity index (χ0v) is 16.6. The van der Waals surface area contributed by atoms with Gasteiger partial charge in [-0.1, -0.05) is 30.7 Å². The summed E-state index contributed by atoms with van der Waals surface area (Å²) in [5, 5.41) is 9.74. The van der Waals surface area contributed by atoms with Crippen LogP contribution >= 0.6 is 11.6 Å². The van der Waals surface area contributed by atoms with Crippen molar-refractivity contribution in [3.63, 3.8) is 0 Å². The van der Waals surface area contributed by atoms with Gasteiger partial charge in [0.2, 0.25) is 5.91 Å². The molecule has 2 N–H and O–H groups in total. The van der Waals surface area contributed by atoms with Crippen molar-refractivity contribution in [3.8, 4) is 0 Å². The minimum absolute atomic E-state index is 0.137. The summed E-state index contributed by atoms with van der Waals surface area (Å²) in [6.07, 6.45) is 3.30. The number of benzene rings is 1. The molecule has 0 bridgehead atoms. The third kappa shape index (κ3) is 5.28. The lowest BCUT2D eigenvalue weighted by Gasteiger charge is -2.44. The normalized spacial score (nSPS) is 22.9. The van der Waals surface area contributed by atoms with E-state index in [4.69, 9.17) is 16.7 Å². The van der Waals surface area contributed by atoms with Crippen LogP contribution in [-0.4, -0.2) is 44.9 Å². The van der Waals surface area contributed by atoms with Crippen LogP contribution in [0.25, 0.3) is 0 Å². The predicted octanol–water partition coefficient (Wildman–Crippen LogP) is 2.76. The zero-order valence-electron chi connectivity index (χ0n) is 15.0. The van der Waals surface area contributed by atoms with Crippen molar-refractivity contribution in [1.29, 1.82) is 0 Å². The lowest BCUT2D eigenvalue weighted by Crippen LogP contribution is -2.52. The van der Waals surface area contributed by atoms with Crippen LogP contribution in [0, 0.1) is 5.92 Å². The number of hydrogen-bond donors (Lipinski definition) is 2. The fourth-order valence-electron chi connectivity index (χ4n) is 3.49. The molecule has 1 saturated heterocycles. The topological polar surface area (TPSA) is 86.7 Å². The smallest absolute Gasteiger partial charge is 0.304 e. The fraction of sp³-hybridized carbons (Fsp3) is 0.556. The molecule has 1 fully saturated rings. The molecule has 2 rings (SSSR count). The summed E-state index contributed by atoms with van der Waals surface area (Å²) in [6, 6.07) is 7.10. The Morgan fingerprint density at radius 2 is 2.04 bits per heavy atom. The summed E-state index contributed by atoms with van der Waals surface area (Å²) in [6.45, 7) is 2.37. The number of carbonyl (C=O) groups excluding carboxylic acids is 1. The maximum absolute atomic E-state index is 13.1. The van der Waals surface area contributed by atoms with Crippen molar-refractivity contribution in [2.45, 2.75) is 44.7 Å². The number of rotatable bonds is 8. The number of nitrogens with one attached hydrogen (secondary N) is 1. The summed E-state index contributed by atoms with van der Waals surface area (Å²) in [5.41, 5.74) is 0.979. The number of amides is 1. The van der Waals surface area contributed by atoms with Crippen molar-refractivity contribution in [2.24, 2.45) is 5.92 Å². The maximum atomic E-state index is 13.1. The second kappa shape index (κ2) is 9.48. The first-order valence-electron chi connectivity index (χ1n) is 8.69. The van der Waals surface area contributed by atoms with E-state index in [2.05, 4.69) is 4.72 Å². The van der Waals surface area contributed by atoms with Gasteiger partial charge >= 0.3 is 5.97 Å². The number of hydrogen-bond acceptors (Lipinski definition) is 3. The lowest BCUT2D eigenvalue weighted by molar-refractivity contribution is -0.151. The maximum Gasteiger partial charge on any atom is 0.304 e. The fourth-order valence-corrected chi connectivity index (χ4v) is 4.04. The van der Waals surface area contributed by atoms with Gasteiger partial charge in [-0.3, -0.25) is 9.59 Å². The molecule has 144 valence electrons. The first-order valence-corrected chi connectivity index (χ1v) is 10.6. The molecule has 1 amide bonds. The largest absolute Gasteiger partial charge is 0.481 e.